The van der Waals surface area contributed by atoms with Crippen LogP contribution in [-0.2, 0) is 13.2 Å². The van der Waals surface area contributed by atoms with Gasteiger partial charge in [0.05, 0.1) is 23.1 Å². The predicted octanol–water partition coefficient (Wildman–Crippen LogP) is 4.67. The maximum absolute atomic E-state index is 11.3. The first-order valence-corrected chi connectivity index (χ1v) is 9.06. The molecule has 0 bridgehead atoms. The molecule has 0 radical (unpaired) electrons. The van der Waals surface area contributed by atoms with Crippen LogP contribution in [0, 0.1) is 6.92 Å². The van der Waals surface area contributed by atoms with E-state index in [-0.39, 0.29) is 5.56 Å². The van der Waals surface area contributed by atoms with Crippen molar-refractivity contribution in [3.05, 3.63) is 95.3 Å². The van der Waals surface area contributed by atoms with Gasteiger partial charge in [0.15, 0.2) is 0 Å². The number of carbonyl (C=O) groups is 1. The molecule has 0 spiro atoms. The monoisotopic (exact) mass is 372 g/mol. The summed E-state index contributed by atoms with van der Waals surface area (Å²) in [5.41, 5.74) is 3.96. The average Bonchev–Trinajstić information content (AvgIpc) is 3.02. The third-order valence-electron chi connectivity index (χ3n) is 4.72. The van der Waals surface area contributed by atoms with Crippen LogP contribution in [0.4, 0.5) is 0 Å². The first kappa shape index (κ1) is 17.8. The molecule has 0 aliphatic heterocycles. The van der Waals surface area contributed by atoms with E-state index in [9.17, 15) is 9.90 Å². The Balaban J connectivity index is 1.65. The second kappa shape index (κ2) is 7.56. The number of aryl methyl sites for hydroxylation is 1. The predicted molar refractivity (Wildman–Crippen MR) is 108 cm³/mol. The molecule has 1 N–H and O–H groups in total. The number of fused-ring (bicyclic) bond motifs is 1. The number of imidazole rings is 1. The quantitative estimate of drug-likeness (QED) is 0.534. The fraction of sp³-hybridized carbons (Fsp3) is 0.130. The second-order valence-corrected chi connectivity index (χ2v) is 6.64. The first-order valence-electron chi connectivity index (χ1n) is 9.06. The molecule has 0 aliphatic rings. The molecule has 4 aromatic rings. The van der Waals surface area contributed by atoms with Gasteiger partial charge in [-0.05, 0) is 36.8 Å². The highest BCUT2D eigenvalue weighted by atomic mass is 16.5. The molecule has 3 aromatic carbocycles. The van der Waals surface area contributed by atoms with E-state index in [0.717, 1.165) is 33.7 Å². The molecule has 0 amide bonds. The summed E-state index contributed by atoms with van der Waals surface area (Å²) in [4.78, 5) is 15.9. The van der Waals surface area contributed by atoms with Gasteiger partial charge in [-0.25, -0.2) is 9.78 Å². The van der Waals surface area contributed by atoms with Crippen molar-refractivity contribution in [2.24, 2.45) is 0 Å². The van der Waals surface area contributed by atoms with Crippen LogP contribution in [0.5, 0.6) is 5.75 Å². The van der Waals surface area contributed by atoms with Crippen molar-refractivity contribution in [2.75, 3.05) is 0 Å². The van der Waals surface area contributed by atoms with Gasteiger partial charge in [0.25, 0.3) is 0 Å². The lowest BCUT2D eigenvalue weighted by molar-refractivity contribution is 0.0697. The lowest BCUT2D eigenvalue weighted by atomic mass is 10.1. The van der Waals surface area contributed by atoms with Gasteiger partial charge in [0.1, 0.15) is 18.2 Å². The van der Waals surface area contributed by atoms with Crippen molar-refractivity contribution >= 4 is 17.0 Å². The lowest BCUT2D eigenvalue weighted by Gasteiger charge is -2.13. The highest BCUT2D eigenvalue weighted by Crippen LogP contribution is 2.24. The smallest absolute Gasteiger partial charge is 0.335 e. The fourth-order valence-electron chi connectivity index (χ4n) is 3.26. The molecule has 0 aliphatic carbocycles. The van der Waals surface area contributed by atoms with Crippen molar-refractivity contribution in [3.8, 4) is 5.75 Å². The van der Waals surface area contributed by atoms with E-state index in [1.54, 1.807) is 18.2 Å². The summed E-state index contributed by atoms with van der Waals surface area (Å²) in [5.74, 6) is 0.691. The molecule has 0 unspecified atom stereocenters. The molecule has 1 aromatic heterocycles. The van der Waals surface area contributed by atoms with Crippen molar-refractivity contribution in [2.45, 2.75) is 20.1 Å². The second-order valence-electron chi connectivity index (χ2n) is 6.64. The number of nitrogens with zero attached hydrogens (tertiary/aromatic N) is 2. The van der Waals surface area contributed by atoms with Crippen LogP contribution in [0.25, 0.3) is 11.0 Å². The number of carboxylic acids is 1. The molecule has 140 valence electrons. The van der Waals surface area contributed by atoms with E-state index in [2.05, 4.69) is 4.98 Å². The number of carboxylic acid groups (broad SMARTS) is 1. The molecular formula is C23H20N2O3. The van der Waals surface area contributed by atoms with Crippen LogP contribution < -0.4 is 4.74 Å². The van der Waals surface area contributed by atoms with Gasteiger partial charge < -0.3 is 14.4 Å². The highest BCUT2D eigenvalue weighted by molar-refractivity contribution is 5.92. The highest BCUT2D eigenvalue weighted by Gasteiger charge is 2.13. The summed E-state index contributed by atoms with van der Waals surface area (Å²) in [6.45, 7) is 2.97. The van der Waals surface area contributed by atoms with Crippen LogP contribution >= 0.6 is 0 Å². The minimum Gasteiger partial charge on any atom is -0.489 e. The zero-order valence-corrected chi connectivity index (χ0v) is 15.5. The van der Waals surface area contributed by atoms with Crippen LogP contribution in [0.1, 0.15) is 27.3 Å². The van der Waals surface area contributed by atoms with Crippen molar-refractivity contribution < 1.29 is 14.6 Å². The van der Waals surface area contributed by atoms with Crippen molar-refractivity contribution in [1.82, 2.24) is 9.55 Å². The van der Waals surface area contributed by atoms with E-state index >= 15 is 0 Å². The topological polar surface area (TPSA) is 64.3 Å². The van der Waals surface area contributed by atoms with E-state index < -0.39 is 5.97 Å². The van der Waals surface area contributed by atoms with Gasteiger partial charge in [0, 0.05) is 5.56 Å². The number of rotatable bonds is 6. The molecule has 0 saturated heterocycles. The minimum atomic E-state index is -0.945. The number of para-hydroxylation sites is 1. The Morgan fingerprint density at radius 2 is 1.79 bits per heavy atom. The number of hydrogen-bond donors (Lipinski definition) is 1. The van der Waals surface area contributed by atoms with Gasteiger partial charge in [-0.15, -0.1) is 0 Å². The number of aromatic nitrogens is 2. The number of ether oxygens (including phenoxy) is 1. The van der Waals surface area contributed by atoms with Gasteiger partial charge in [-0.3, -0.25) is 0 Å². The van der Waals surface area contributed by atoms with Gasteiger partial charge in [0.2, 0.25) is 0 Å². The molecule has 0 fully saturated rings. The summed E-state index contributed by atoms with van der Waals surface area (Å²) < 4.78 is 8.08. The third kappa shape index (κ3) is 3.60. The average molecular weight is 372 g/mol. The Morgan fingerprint density at radius 3 is 2.57 bits per heavy atom. The van der Waals surface area contributed by atoms with Crippen LogP contribution in [0.3, 0.4) is 0 Å². The molecule has 0 atom stereocenters. The third-order valence-corrected chi connectivity index (χ3v) is 4.72. The molecule has 5 heteroatoms. The molecule has 1 heterocycles. The van der Waals surface area contributed by atoms with Crippen molar-refractivity contribution in [1.29, 1.82) is 0 Å². The standard InChI is InChI=1S/C23H20N2O3/c1-16-24-20-12-11-18(23(26)27)13-21(20)25(16)14-19-9-5-6-10-22(19)28-15-17-7-3-2-4-8-17/h2-13H,14-15H2,1H3,(H,26,27). The first-order chi connectivity index (χ1) is 13.6. The van der Waals surface area contributed by atoms with E-state index in [0.29, 0.717) is 13.2 Å². The summed E-state index contributed by atoms with van der Waals surface area (Å²) in [7, 11) is 0. The summed E-state index contributed by atoms with van der Waals surface area (Å²) in [6, 6.07) is 22.9. The van der Waals surface area contributed by atoms with Gasteiger partial charge in [-0.1, -0.05) is 48.5 Å². The van der Waals surface area contributed by atoms with Gasteiger partial charge in [-0.2, -0.15) is 0 Å². The van der Waals surface area contributed by atoms with Crippen LogP contribution in [-0.4, -0.2) is 20.6 Å². The maximum atomic E-state index is 11.3. The van der Waals surface area contributed by atoms with Gasteiger partial charge >= 0.3 is 5.97 Å². The maximum Gasteiger partial charge on any atom is 0.335 e. The molecule has 28 heavy (non-hydrogen) atoms. The number of benzene rings is 3. The SMILES string of the molecule is Cc1nc2ccc(C(=O)O)cc2n1Cc1ccccc1OCc1ccccc1. The zero-order valence-electron chi connectivity index (χ0n) is 15.5. The largest absolute Gasteiger partial charge is 0.489 e. The molecule has 5 nitrogen and oxygen atoms in total. The molecule has 4 rings (SSSR count). The lowest BCUT2D eigenvalue weighted by Crippen LogP contribution is -2.06. The summed E-state index contributed by atoms with van der Waals surface area (Å²) in [6.07, 6.45) is 0. The number of hydrogen-bond acceptors (Lipinski definition) is 3. The van der Waals surface area contributed by atoms with E-state index in [4.69, 9.17) is 4.74 Å². The Hall–Kier alpha value is -3.60. The van der Waals surface area contributed by atoms with E-state index in [1.807, 2.05) is 66.1 Å². The summed E-state index contributed by atoms with van der Waals surface area (Å²) >= 11 is 0. The Kier molecular flexibility index (Phi) is 4.81. The van der Waals surface area contributed by atoms with Crippen LogP contribution in [0.2, 0.25) is 0 Å². The Labute approximate surface area is 162 Å². The molecule has 0 saturated carbocycles. The molecular weight excluding hydrogens is 352 g/mol. The van der Waals surface area contributed by atoms with Crippen molar-refractivity contribution in [3.63, 3.8) is 0 Å². The Bertz CT molecular complexity index is 1130. The minimum absolute atomic E-state index is 0.252. The number of aromatic carboxylic acids is 1. The summed E-state index contributed by atoms with van der Waals surface area (Å²) in [5, 5.41) is 9.30. The Morgan fingerprint density at radius 1 is 1.04 bits per heavy atom. The van der Waals surface area contributed by atoms with E-state index in [1.165, 1.54) is 0 Å². The van der Waals surface area contributed by atoms with Crippen LogP contribution in [0.15, 0.2) is 72.8 Å². The zero-order chi connectivity index (χ0) is 19.5. The normalized spacial score (nSPS) is 10.9. The fourth-order valence-corrected chi connectivity index (χ4v) is 3.26.